The van der Waals surface area contributed by atoms with Crippen molar-refractivity contribution in [3.05, 3.63) is 82.3 Å². The Hall–Kier alpha value is -3.42. The van der Waals surface area contributed by atoms with Gasteiger partial charge in [-0.3, -0.25) is 20.4 Å². The molecule has 0 aromatic heterocycles. The van der Waals surface area contributed by atoms with E-state index in [0.29, 0.717) is 41.2 Å². The first kappa shape index (κ1) is 24.7. The lowest BCUT2D eigenvalue weighted by molar-refractivity contribution is -0.125. The Kier molecular flexibility index (Phi) is 8.00. The monoisotopic (exact) mass is 513 g/mol. The number of ether oxygens (including phenoxy) is 2. The van der Waals surface area contributed by atoms with Gasteiger partial charge in [-0.05, 0) is 61.0 Å². The fourth-order valence-corrected chi connectivity index (χ4v) is 4.04. The number of carbonyl (C=O) groups is 2. The van der Waals surface area contributed by atoms with Gasteiger partial charge in [0.1, 0.15) is 18.1 Å². The molecule has 3 aromatic rings. The van der Waals surface area contributed by atoms with Crippen LogP contribution in [0.3, 0.4) is 0 Å². The van der Waals surface area contributed by atoms with Crippen LogP contribution in [0.5, 0.6) is 11.5 Å². The van der Waals surface area contributed by atoms with Gasteiger partial charge in [-0.1, -0.05) is 35.3 Å². The largest absolute Gasteiger partial charge is 0.494 e. The normalized spacial score (nSPS) is 15.1. The number of hydrogen-bond donors (Lipinski definition) is 2. The second-order valence-corrected chi connectivity index (χ2v) is 8.83. The molecule has 9 heteroatoms. The number of nitrogens with zero attached hydrogens (tertiary/aromatic N) is 1. The van der Waals surface area contributed by atoms with E-state index in [1.54, 1.807) is 29.2 Å². The molecule has 7 nitrogen and oxygen atoms in total. The summed E-state index contributed by atoms with van der Waals surface area (Å²) in [6.45, 7) is 3.12. The Morgan fingerprint density at radius 1 is 1.00 bits per heavy atom. The molecule has 1 saturated heterocycles. The number of carbonyl (C=O) groups excluding carboxylic acids is 2. The lowest BCUT2D eigenvalue weighted by Gasteiger charge is -2.17. The standard InChI is InChI=1S/C26H25Cl2N3O4/c1-2-34-21-9-7-20(8-10-21)31-15-18(13-25(31)32)26(33)30-29-19-4-3-5-22(14-19)35-16-17-6-11-23(27)24(28)12-17/h3-12,14,18,29H,2,13,15-16H2,1H3,(H,30,33)/t18-/m1/s1. The van der Waals surface area contributed by atoms with Crippen LogP contribution in [0.15, 0.2) is 66.7 Å². The Balaban J connectivity index is 1.29. The van der Waals surface area contributed by atoms with Gasteiger partial charge in [-0.25, -0.2) is 0 Å². The number of halogens is 2. The second kappa shape index (κ2) is 11.3. The smallest absolute Gasteiger partial charge is 0.243 e. The van der Waals surface area contributed by atoms with Gasteiger partial charge in [0.15, 0.2) is 0 Å². The molecule has 4 rings (SSSR count). The first-order chi connectivity index (χ1) is 16.9. The molecule has 35 heavy (non-hydrogen) atoms. The summed E-state index contributed by atoms with van der Waals surface area (Å²) in [4.78, 5) is 26.8. The van der Waals surface area contributed by atoms with Gasteiger partial charge in [0.25, 0.3) is 0 Å². The zero-order valence-electron chi connectivity index (χ0n) is 19.1. The summed E-state index contributed by atoms with van der Waals surface area (Å²) >= 11 is 12.0. The van der Waals surface area contributed by atoms with Crippen molar-refractivity contribution in [3.8, 4) is 11.5 Å². The van der Waals surface area contributed by atoms with Gasteiger partial charge in [0, 0.05) is 24.7 Å². The molecular formula is C26H25Cl2N3O4. The first-order valence-corrected chi connectivity index (χ1v) is 11.9. The van der Waals surface area contributed by atoms with Crippen LogP contribution in [-0.2, 0) is 16.2 Å². The number of hydrazine groups is 1. The Labute approximate surface area is 213 Å². The van der Waals surface area contributed by atoms with Gasteiger partial charge in [-0.2, -0.15) is 0 Å². The van der Waals surface area contributed by atoms with Crippen LogP contribution in [-0.4, -0.2) is 25.0 Å². The van der Waals surface area contributed by atoms with E-state index in [9.17, 15) is 9.59 Å². The topological polar surface area (TPSA) is 79.9 Å². The maximum Gasteiger partial charge on any atom is 0.243 e. The predicted molar refractivity (Wildman–Crippen MR) is 137 cm³/mol. The predicted octanol–water partition coefficient (Wildman–Crippen LogP) is 5.47. The fraction of sp³-hybridized carbons (Fsp3) is 0.231. The molecule has 1 heterocycles. The molecule has 0 bridgehead atoms. The molecule has 0 aliphatic carbocycles. The third kappa shape index (κ3) is 6.38. The number of amides is 2. The fourth-order valence-electron chi connectivity index (χ4n) is 3.72. The lowest BCUT2D eigenvalue weighted by Crippen LogP contribution is -2.36. The third-order valence-electron chi connectivity index (χ3n) is 5.51. The van der Waals surface area contributed by atoms with Crippen LogP contribution in [0.4, 0.5) is 11.4 Å². The van der Waals surface area contributed by atoms with Crippen molar-refractivity contribution in [2.75, 3.05) is 23.5 Å². The number of hydrogen-bond acceptors (Lipinski definition) is 5. The molecule has 0 spiro atoms. The zero-order chi connectivity index (χ0) is 24.8. The van der Waals surface area contributed by atoms with Crippen molar-refractivity contribution >= 4 is 46.4 Å². The number of benzene rings is 3. The highest BCUT2D eigenvalue weighted by Gasteiger charge is 2.35. The van der Waals surface area contributed by atoms with Crippen molar-refractivity contribution in [1.29, 1.82) is 0 Å². The van der Waals surface area contributed by atoms with Crippen LogP contribution < -0.4 is 25.2 Å². The molecule has 2 amide bonds. The molecule has 0 unspecified atom stereocenters. The van der Waals surface area contributed by atoms with Crippen molar-refractivity contribution in [2.24, 2.45) is 5.92 Å². The molecule has 182 valence electrons. The molecule has 1 aliphatic heterocycles. The number of anilines is 2. The highest BCUT2D eigenvalue weighted by Crippen LogP contribution is 2.27. The molecule has 1 fully saturated rings. The molecule has 0 saturated carbocycles. The SMILES string of the molecule is CCOc1ccc(N2C[C@H](C(=O)NNc3cccc(OCc4ccc(Cl)c(Cl)c4)c3)CC2=O)cc1. The molecule has 2 N–H and O–H groups in total. The lowest BCUT2D eigenvalue weighted by atomic mass is 10.1. The average molecular weight is 514 g/mol. The minimum absolute atomic E-state index is 0.0907. The summed E-state index contributed by atoms with van der Waals surface area (Å²) < 4.78 is 11.3. The maximum atomic E-state index is 12.7. The summed E-state index contributed by atoms with van der Waals surface area (Å²) in [5, 5.41) is 0.960. The average Bonchev–Trinajstić information content (AvgIpc) is 3.26. The van der Waals surface area contributed by atoms with Gasteiger partial charge < -0.3 is 14.4 Å². The maximum absolute atomic E-state index is 12.7. The summed E-state index contributed by atoms with van der Waals surface area (Å²) in [5.74, 6) is 0.550. The first-order valence-electron chi connectivity index (χ1n) is 11.2. The quantitative estimate of drug-likeness (QED) is 0.371. The van der Waals surface area contributed by atoms with Gasteiger partial charge in [0.2, 0.25) is 11.8 Å². The molecule has 3 aromatic carbocycles. The van der Waals surface area contributed by atoms with Crippen LogP contribution in [0.25, 0.3) is 0 Å². The molecule has 0 radical (unpaired) electrons. The van der Waals surface area contributed by atoms with E-state index >= 15 is 0 Å². The van der Waals surface area contributed by atoms with Crippen LogP contribution in [0.1, 0.15) is 18.9 Å². The van der Waals surface area contributed by atoms with E-state index in [1.807, 2.05) is 49.4 Å². The molecule has 1 aliphatic rings. The highest BCUT2D eigenvalue weighted by molar-refractivity contribution is 6.42. The van der Waals surface area contributed by atoms with E-state index in [-0.39, 0.29) is 18.2 Å². The van der Waals surface area contributed by atoms with Crippen molar-refractivity contribution in [3.63, 3.8) is 0 Å². The Morgan fingerprint density at radius 3 is 2.54 bits per heavy atom. The third-order valence-corrected chi connectivity index (χ3v) is 6.25. The second-order valence-electron chi connectivity index (χ2n) is 8.01. The summed E-state index contributed by atoms with van der Waals surface area (Å²) in [7, 11) is 0. The van der Waals surface area contributed by atoms with Crippen molar-refractivity contribution in [1.82, 2.24) is 5.43 Å². The van der Waals surface area contributed by atoms with E-state index in [2.05, 4.69) is 10.9 Å². The van der Waals surface area contributed by atoms with Crippen LogP contribution >= 0.6 is 23.2 Å². The van der Waals surface area contributed by atoms with E-state index in [0.717, 1.165) is 17.0 Å². The number of rotatable bonds is 9. The van der Waals surface area contributed by atoms with Gasteiger partial charge in [0.05, 0.1) is 28.3 Å². The Morgan fingerprint density at radius 2 is 1.80 bits per heavy atom. The minimum Gasteiger partial charge on any atom is -0.494 e. The van der Waals surface area contributed by atoms with Crippen LogP contribution in [0.2, 0.25) is 10.0 Å². The van der Waals surface area contributed by atoms with Gasteiger partial charge >= 0.3 is 0 Å². The van der Waals surface area contributed by atoms with Crippen molar-refractivity contribution < 1.29 is 19.1 Å². The summed E-state index contributed by atoms with van der Waals surface area (Å²) in [6, 6.07) is 19.8. The van der Waals surface area contributed by atoms with E-state index in [4.69, 9.17) is 32.7 Å². The highest BCUT2D eigenvalue weighted by atomic mass is 35.5. The van der Waals surface area contributed by atoms with Gasteiger partial charge in [-0.15, -0.1) is 0 Å². The molecular weight excluding hydrogens is 489 g/mol. The zero-order valence-corrected chi connectivity index (χ0v) is 20.6. The molecule has 1 atom stereocenters. The van der Waals surface area contributed by atoms with E-state index in [1.165, 1.54) is 0 Å². The summed E-state index contributed by atoms with van der Waals surface area (Å²) in [5.41, 5.74) is 7.88. The van der Waals surface area contributed by atoms with Crippen LogP contribution in [0, 0.1) is 5.92 Å². The van der Waals surface area contributed by atoms with Crippen molar-refractivity contribution in [2.45, 2.75) is 20.0 Å². The Bertz CT molecular complexity index is 1200. The minimum atomic E-state index is -0.462. The van der Waals surface area contributed by atoms with E-state index < -0.39 is 5.92 Å². The summed E-state index contributed by atoms with van der Waals surface area (Å²) in [6.07, 6.45) is 0.146. The number of nitrogens with one attached hydrogen (secondary N) is 2.